The van der Waals surface area contributed by atoms with Crippen LogP contribution >= 0.6 is 0 Å². The van der Waals surface area contributed by atoms with E-state index >= 15 is 4.39 Å². The van der Waals surface area contributed by atoms with Gasteiger partial charge < -0.3 is 19.6 Å². The van der Waals surface area contributed by atoms with E-state index in [4.69, 9.17) is 4.74 Å². The van der Waals surface area contributed by atoms with Crippen molar-refractivity contribution in [2.75, 3.05) is 52.3 Å². The highest BCUT2D eigenvalue weighted by atomic mass is 19.2. The molecule has 0 amide bonds. The number of alkyl halides is 1. The molecule has 1 aliphatic heterocycles. The second kappa shape index (κ2) is 12.5. The monoisotopic (exact) mass is 547 g/mol. The van der Waals surface area contributed by atoms with Crippen LogP contribution < -0.4 is 9.64 Å². The van der Waals surface area contributed by atoms with Crippen molar-refractivity contribution in [2.24, 2.45) is 5.41 Å². The van der Waals surface area contributed by atoms with Gasteiger partial charge in [-0.2, -0.15) is 0 Å². The van der Waals surface area contributed by atoms with E-state index in [1.165, 1.54) is 0 Å². The molecule has 1 aliphatic rings. The first kappa shape index (κ1) is 29.1. The van der Waals surface area contributed by atoms with Crippen LogP contribution in [-0.2, 0) is 6.42 Å². The fraction of sp³-hybridized carbons (Fsp3) is 0.500. The van der Waals surface area contributed by atoms with Gasteiger partial charge in [0.25, 0.3) is 0 Å². The molecular weight excluding hydrogens is 510 g/mol. The summed E-state index contributed by atoms with van der Waals surface area (Å²) in [5, 5.41) is 11.0. The lowest BCUT2D eigenvalue weighted by atomic mass is 9.74. The Morgan fingerprint density at radius 2 is 1.79 bits per heavy atom. The van der Waals surface area contributed by atoms with Crippen LogP contribution in [0.3, 0.4) is 0 Å². The number of benzene rings is 2. The first-order valence-corrected chi connectivity index (χ1v) is 13.4. The Morgan fingerprint density at radius 1 is 1.10 bits per heavy atom. The molecule has 0 spiro atoms. The Kier molecular flexibility index (Phi) is 9.33. The molecule has 1 unspecified atom stereocenters. The van der Waals surface area contributed by atoms with Gasteiger partial charge in [-0.05, 0) is 99.5 Å². The number of aliphatic hydroxyl groups excluding tert-OH is 1. The van der Waals surface area contributed by atoms with E-state index in [1.807, 2.05) is 37.2 Å². The molecule has 1 aromatic heterocycles. The topological polar surface area (TPSA) is 48.8 Å². The van der Waals surface area contributed by atoms with Crippen LogP contribution in [0.1, 0.15) is 49.4 Å². The van der Waals surface area contributed by atoms with E-state index in [-0.39, 0.29) is 18.4 Å². The number of methoxy groups -OCH3 is 1. The molecule has 3 aromatic rings. The zero-order chi connectivity index (χ0) is 28.2. The van der Waals surface area contributed by atoms with Crippen LogP contribution in [0.25, 0.3) is 10.9 Å². The summed E-state index contributed by atoms with van der Waals surface area (Å²) < 4.78 is 61.5. The molecule has 0 aliphatic carbocycles. The molecule has 1 saturated heterocycles. The largest absolute Gasteiger partial charge is 0.497 e. The second-order valence-corrected chi connectivity index (χ2v) is 10.8. The number of aromatic nitrogens is 1. The maximum atomic E-state index is 16.0. The van der Waals surface area contributed by atoms with E-state index in [9.17, 15) is 18.3 Å². The molecule has 2 aromatic carbocycles. The molecule has 5 nitrogen and oxygen atoms in total. The number of anilines is 1. The Balaban J connectivity index is 1.37. The number of aliphatic hydroxyl groups is 1. The van der Waals surface area contributed by atoms with Gasteiger partial charge in [0, 0.05) is 31.7 Å². The van der Waals surface area contributed by atoms with Crippen molar-refractivity contribution in [2.45, 2.75) is 44.7 Å². The molecule has 1 fully saturated rings. The normalized spacial score (nSPS) is 16.4. The number of hydrogen-bond acceptors (Lipinski definition) is 5. The number of hydrogen-bond donors (Lipinski definition) is 1. The lowest BCUT2D eigenvalue weighted by molar-refractivity contribution is 0.0300. The molecule has 0 bridgehead atoms. The molecule has 1 N–H and O–H groups in total. The third-order valence-electron chi connectivity index (χ3n) is 8.05. The predicted octanol–water partition coefficient (Wildman–Crippen LogP) is 6.22. The van der Waals surface area contributed by atoms with Crippen molar-refractivity contribution in [3.8, 4) is 5.75 Å². The van der Waals surface area contributed by atoms with Gasteiger partial charge in [0.15, 0.2) is 17.5 Å². The van der Waals surface area contributed by atoms with Gasteiger partial charge in [-0.15, -0.1) is 0 Å². The van der Waals surface area contributed by atoms with E-state index in [1.54, 1.807) is 13.3 Å². The molecule has 1 atom stereocenters. The van der Waals surface area contributed by atoms with Crippen molar-refractivity contribution in [1.29, 1.82) is 0 Å². The number of likely N-dealkylation sites (tertiary alicyclic amines) is 1. The lowest BCUT2D eigenvalue weighted by Gasteiger charge is -2.41. The summed E-state index contributed by atoms with van der Waals surface area (Å²) in [6.07, 6.45) is 3.88. The molecule has 2 heterocycles. The van der Waals surface area contributed by atoms with Gasteiger partial charge in [0.05, 0.1) is 24.5 Å². The molecule has 4 rings (SSSR count). The average molecular weight is 548 g/mol. The van der Waals surface area contributed by atoms with Crippen LogP contribution in [0.15, 0.2) is 36.5 Å². The fourth-order valence-corrected chi connectivity index (χ4v) is 5.57. The number of ether oxygens (including phenoxy) is 1. The Bertz CT molecular complexity index is 1260. The zero-order valence-corrected chi connectivity index (χ0v) is 22.8. The van der Waals surface area contributed by atoms with Crippen molar-refractivity contribution in [3.63, 3.8) is 0 Å². The molecular formula is C30H37F4N3O2. The first-order valence-electron chi connectivity index (χ1n) is 13.4. The highest BCUT2D eigenvalue weighted by Crippen LogP contribution is 2.42. The predicted molar refractivity (Wildman–Crippen MR) is 146 cm³/mol. The average Bonchev–Trinajstić information content (AvgIpc) is 2.94. The van der Waals surface area contributed by atoms with Crippen molar-refractivity contribution in [1.82, 2.24) is 9.88 Å². The summed E-state index contributed by atoms with van der Waals surface area (Å²) >= 11 is 0. The minimum Gasteiger partial charge on any atom is -0.497 e. The van der Waals surface area contributed by atoms with Crippen LogP contribution in [-0.4, -0.2) is 62.4 Å². The Morgan fingerprint density at radius 3 is 2.41 bits per heavy atom. The van der Waals surface area contributed by atoms with Gasteiger partial charge in [-0.3, -0.25) is 4.98 Å². The maximum Gasteiger partial charge on any atom is 0.194 e. The summed E-state index contributed by atoms with van der Waals surface area (Å²) in [7, 11) is 5.32. The SMILES string of the molecule is COc1ccc2ncc(N(C)C)c(C(F)CCC3(CO)CCN(CCCc4cc(F)c(F)c(F)c4)CC3)c2c1. The smallest absolute Gasteiger partial charge is 0.194 e. The molecule has 9 heteroatoms. The lowest BCUT2D eigenvalue weighted by Crippen LogP contribution is -2.42. The number of halogens is 4. The highest BCUT2D eigenvalue weighted by Gasteiger charge is 2.35. The van der Waals surface area contributed by atoms with Crippen LogP contribution in [0.4, 0.5) is 23.2 Å². The third kappa shape index (κ3) is 6.64. The van der Waals surface area contributed by atoms with E-state index in [0.29, 0.717) is 41.7 Å². The zero-order valence-electron chi connectivity index (χ0n) is 22.8. The van der Waals surface area contributed by atoms with Crippen LogP contribution in [0, 0.1) is 22.9 Å². The first-order chi connectivity index (χ1) is 18.7. The number of fused-ring (bicyclic) bond motifs is 1. The summed E-state index contributed by atoms with van der Waals surface area (Å²) in [5.74, 6) is -3.14. The fourth-order valence-electron chi connectivity index (χ4n) is 5.57. The van der Waals surface area contributed by atoms with Gasteiger partial charge in [-0.1, -0.05) is 0 Å². The maximum absolute atomic E-state index is 16.0. The standard InChI is InChI=1S/C30H37F4N3O2/c1-36(2)27-18-35-26-7-6-21(39-3)17-22(26)28(27)23(31)8-9-30(19-38)10-13-37(14-11-30)12-4-5-20-15-24(32)29(34)25(33)16-20/h6-7,15-18,23,38H,4-5,8-14,19H2,1-3H3. The third-order valence-corrected chi connectivity index (χ3v) is 8.05. The van der Waals surface area contributed by atoms with Gasteiger partial charge in [0.1, 0.15) is 11.9 Å². The Labute approximate surface area is 227 Å². The number of pyridine rings is 1. The molecule has 39 heavy (non-hydrogen) atoms. The second-order valence-electron chi connectivity index (χ2n) is 10.8. The molecule has 0 saturated carbocycles. The number of rotatable bonds is 11. The van der Waals surface area contributed by atoms with Gasteiger partial charge in [0.2, 0.25) is 0 Å². The number of aryl methyl sites for hydroxylation is 1. The molecule has 212 valence electrons. The summed E-state index contributed by atoms with van der Waals surface area (Å²) in [4.78, 5) is 8.62. The molecule has 0 radical (unpaired) electrons. The highest BCUT2D eigenvalue weighted by molar-refractivity contribution is 5.88. The van der Waals surface area contributed by atoms with E-state index in [2.05, 4.69) is 9.88 Å². The summed E-state index contributed by atoms with van der Waals surface area (Å²) in [6.45, 7) is 2.22. The van der Waals surface area contributed by atoms with Crippen molar-refractivity contribution < 1.29 is 27.4 Å². The van der Waals surface area contributed by atoms with Crippen LogP contribution in [0.5, 0.6) is 5.75 Å². The van der Waals surface area contributed by atoms with Gasteiger partial charge >= 0.3 is 0 Å². The van der Waals surface area contributed by atoms with Crippen LogP contribution in [0.2, 0.25) is 0 Å². The van der Waals surface area contributed by atoms with E-state index < -0.39 is 23.6 Å². The summed E-state index contributed by atoms with van der Waals surface area (Å²) in [6, 6.07) is 7.56. The number of piperidine rings is 1. The van der Waals surface area contributed by atoms with Crippen molar-refractivity contribution in [3.05, 3.63) is 65.1 Å². The van der Waals surface area contributed by atoms with E-state index in [0.717, 1.165) is 55.7 Å². The van der Waals surface area contributed by atoms with Gasteiger partial charge in [-0.25, -0.2) is 17.6 Å². The summed E-state index contributed by atoms with van der Waals surface area (Å²) in [5.41, 5.74) is 2.08. The Hall–Kier alpha value is -2.91. The van der Waals surface area contributed by atoms with Crippen molar-refractivity contribution >= 4 is 16.6 Å². The quantitative estimate of drug-likeness (QED) is 0.228. The minimum absolute atomic E-state index is 0.00680. The minimum atomic E-state index is -1.44. The number of nitrogens with zero attached hydrogens (tertiary/aromatic N) is 3.